The summed E-state index contributed by atoms with van der Waals surface area (Å²) in [6, 6.07) is 6.04. The van der Waals surface area contributed by atoms with Crippen molar-refractivity contribution in [2.24, 2.45) is 0 Å². The highest BCUT2D eigenvalue weighted by Gasteiger charge is 2.19. The summed E-state index contributed by atoms with van der Waals surface area (Å²) in [7, 11) is -3.26. The molecule has 0 aliphatic carbocycles. The van der Waals surface area contributed by atoms with Crippen LogP contribution in [0.2, 0.25) is 0 Å². The number of sulfone groups is 1. The van der Waals surface area contributed by atoms with E-state index in [9.17, 15) is 13.2 Å². The molecule has 7 nitrogen and oxygen atoms in total. The molecule has 0 amide bonds. The number of nitrogens with zero attached hydrogens (tertiary/aromatic N) is 2. The van der Waals surface area contributed by atoms with Crippen LogP contribution in [0, 0.1) is 0 Å². The van der Waals surface area contributed by atoms with Crippen LogP contribution in [0.3, 0.4) is 0 Å². The molecule has 0 bridgehead atoms. The van der Waals surface area contributed by atoms with Crippen molar-refractivity contribution >= 4 is 15.8 Å². The number of aromatic amines is 1. The molecule has 1 heterocycles. The first-order valence-electron chi connectivity index (χ1n) is 5.82. The van der Waals surface area contributed by atoms with Crippen molar-refractivity contribution in [3.8, 4) is 11.3 Å². The second kappa shape index (κ2) is 5.41. The monoisotopic (exact) mass is 295 g/mol. The molecule has 106 valence electrons. The minimum atomic E-state index is -3.26. The Labute approximate surface area is 115 Å². The average Bonchev–Trinajstić information content (AvgIpc) is 2.87. The van der Waals surface area contributed by atoms with Gasteiger partial charge in [-0.2, -0.15) is 10.3 Å². The first-order chi connectivity index (χ1) is 9.43. The number of aromatic nitrogens is 3. The topological polar surface area (TPSA) is 102 Å². The van der Waals surface area contributed by atoms with Gasteiger partial charge in [-0.25, -0.2) is 13.2 Å². The fourth-order valence-corrected chi connectivity index (χ4v) is 2.26. The molecule has 0 radical (unpaired) electrons. The summed E-state index contributed by atoms with van der Waals surface area (Å²) in [5, 5.41) is 10.0. The van der Waals surface area contributed by atoms with E-state index in [-0.39, 0.29) is 17.2 Å². The Balaban J connectivity index is 2.38. The molecule has 1 N–H and O–H groups in total. The van der Waals surface area contributed by atoms with Gasteiger partial charge in [-0.15, -0.1) is 5.10 Å². The van der Waals surface area contributed by atoms with Gasteiger partial charge in [-0.1, -0.05) is 12.1 Å². The van der Waals surface area contributed by atoms with Gasteiger partial charge in [0, 0.05) is 11.8 Å². The van der Waals surface area contributed by atoms with Crippen LogP contribution >= 0.6 is 0 Å². The quantitative estimate of drug-likeness (QED) is 0.846. The molecular weight excluding hydrogens is 282 g/mol. The minimum absolute atomic E-state index is 0.0685. The Morgan fingerprint density at radius 2 is 1.90 bits per heavy atom. The largest absolute Gasteiger partial charge is 0.461 e. The van der Waals surface area contributed by atoms with Crippen molar-refractivity contribution in [2.45, 2.75) is 11.8 Å². The molecule has 0 fully saturated rings. The molecule has 2 aromatic rings. The number of benzene rings is 1. The minimum Gasteiger partial charge on any atom is -0.461 e. The van der Waals surface area contributed by atoms with Crippen molar-refractivity contribution < 1.29 is 17.9 Å². The molecule has 0 aliphatic rings. The first-order valence-corrected chi connectivity index (χ1v) is 7.71. The molecule has 2 rings (SSSR count). The third-order valence-corrected chi connectivity index (χ3v) is 3.70. The Morgan fingerprint density at radius 1 is 1.25 bits per heavy atom. The molecule has 1 aromatic carbocycles. The van der Waals surface area contributed by atoms with Crippen molar-refractivity contribution in [2.75, 3.05) is 12.9 Å². The summed E-state index contributed by atoms with van der Waals surface area (Å²) < 4.78 is 27.6. The van der Waals surface area contributed by atoms with Crippen LogP contribution in [0.5, 0.6) is 0 Å². The van der Waals surface area contributed by atoms with Crippen molar-refractivity contribution in [3.63, 3.8) is 0 Å². The maximum atomic E-state index is 11.7. The normalized spacial score (nSPS) is 11.3. The zero-order valence-corrected chi connectivity index (χ0v) is 11.8. The van der Waals surface area contributed by atoms with Gasteiger partial charge in [0.15, 0.2) is 15.5 Å². The first kappa shape index (κ1) is 14.2. The third-order valence-electron chi connectivity index (χ3n) is 2.57. The van der Waals surface area contributed by atoms with Gasteiger partial charge in [0.1, 0.15) is 5.69 Å². The summed E-state index contributed by atoms with van der Waals surface area (Å²) in [5.41, 5.74) is 0.969. The highest BCUT2D eigenvalue weighted by atomic mass is 32.2. The summed E-state index contributed by atoms with van der Waals surface area (Å²) in [4.78, 5) is 11.9. The van der Waals surface area contributed by atoms with Crippen molar-refractivity contribution in [1.29, 1.82) is 0 Å². The van der Waals surface area contributed by atoms with Crippen LogP contribution in [0.25, 0.3) is 11.3 Å². The summed E-state index contributed by atoms with van der Waals surface area (Å²) in [5.74, 6) is -0.580. The summed E-state index contributed by atoms with van der Waals surface area (Å²) in [6.45, 7) is 1.93. The maximum Gasteiger partial charge on any atom is 0.361 e. The van der Waals surface area contributed by atoms with Crippen LogP contribution in [-0.2, 0) is 14.6 Å². The number of hydrogen-bond donors (Lipinski definition) is 1. The smallest absolute Gasteiger partial charge is 0.361 e. The van der Waals surface area contributed by atoms with E-state index in [0.29, 0.717) is 11.3 Å². The predicted octanol–water partition coefficient (Wildman–Crippen LogP) is 1.05. The van der Waals surface area contributed by atoms with Gasteiger partial charge in [-0.05, 0) is 19.1 Å². The number of carbonyl (C=O) groups is 1. The lowest BCUT2D eigenvalue weighted by Crippen LogP contribution is -2.06. The standard InChI is InChI=1S/C12H13N3O4S/c1-3-19-12(16)11-10(13-15-14-11)8-4-6-9(7-5-8)20(2,17)18/h4-7H,3H2,1-2H3,(H,13,14,15). The second-order valence-electron chi connectivity index (χ2n) is 4.04. The highest BCUT2D eigenvalue weighted by molar-refractivity contribution is 7.90. The molecule has 0 saturated carbocycles. The van der Waals surface area contributed by atoms with E-state index >= 15 is 0 Å². The number of esters is 1. The Bertz CT molecular complexity index is 719. The lowest BCUT2D eigenvalue weighted by Gasteiger charge is -2.02. The fraction of sp³-hybridized carbons (Fsp3) is 0.250. The number of H-pyrrole nitrogens is 1. The van der Waals surface area contributed by atoms with Crippen LogP contribution < -0.4 is 0 Å². The van der Waals surface area contributed by atoms with Gasteiger partial charge in [0.2, 0.25) is 0 Å². The molecule has 0 aliphatic heterocycles. The molecule has 8 heteroatoms. The SMILES string of the molecule is CCOC(=O)c1n[nH]nc1-c1ccc(S(C)(=O)=O)cc1. The van der Waals surface area contributed by atoms with E-state index in [1.165, 1.54) is 12.1 Å². The molecular formula is C12H13N3O4S. The maximum absolute atomic E-state index is 11.7. The zero-order chi connectivity index (χ0) is 14.8. The summed E-state index contributed by atoms with van der Waals surface area (Å²) in [6.07, 6.45) is 1.13. The lowest BCUT2D eigenvalue weighted by molar-refractivity contribution is 0.0520. The second-order valence-corrected chi connectivity index (χ2v) is 6.05. The fourth-order valence-electron chi connectivity index (χ4n) is 1.63. The number of hydrogen-bond acceptors (Lipinski definition) is 6. The van der Waals surface area contributed by atoms with Crippen molar-refractivity contribution in [3.05, 3.63) is 30.0 Å². The van der Waals surface area contributed by atoms with Crippen LogP contribution in [0.15, 0.2) is 29.2 Å². The third kappa shape index (κ3) is 2.85. The van der Waals surface area contributed by atoms with Gasteiger partial charge in [0.05, 0.1) is 11.5 Å². The molecule has 0 saturated heterocycles. The highest BCUT2D eigenvalue weighted by Crippen LogP contribution is 2.22. The van der Waals surface area contributed by atoms with E-state index < -0.39 is 15.8 Å². The van der Waals surface area contributed by atoms with Gasteiger partial charge in [-0.3, -0.25) is 0 Å². The van der Waals surface area contributed by atoms with Gasteiger partial charge >= 0.3 is 5.97 Å². The number of nitrogens with one attached hydrogen (secondary N) is 1. The van der Waals surface area contributed by atoms with Crippen molar-refractivity contribution in [1.82, 2.24) is 15.4 Å². The van der Waals surface area contributed by atoms with Crippen LogP contribution in [0.1, 0.15) is 17.4 Å². The van der Waals surface area contributed by atoms with E-state index in [1.54, 1.807) is 19.1 Å². The Hall–Kier alpha value is -2.22. The molecule has 0 atom stereocenters. The number of carbonyl (C=O) groups excluding carboxylic acids is 1. The van der Waals surface area contributed by atoms with Crippen LogP contribution in [-0.4, -0.2) is 42.7 Å². The van der Waals surface area contributed by atoms with E-state index in [4.69, 9.17) is 4.74 Å². The van der Waals surface area contributed by atoms with Crippen LogP contribution in [0.4, 0.5) is 0 Å². The number of rotatable bonds is 4. The zero-order valence-electron chi connectivity index (χ0n) is 11.0. The van der Waals surface area contributed by atoms with E-state index in [0.717, 1.165) is 6.26 Å². The van der Waals surface area contributed by atoms with Gasteiger partial charge in [0.25, 0.3) is 0 Å². The Kier molecular flexibility index (Phi) is 3.84. The number of ether oxygens (including phenoxy) is 1. The summed E-state index contributed by atoms with van der Waals surface area (Å²) >= 11 is 0. The molecule has 1 aromatic heterocycles. The molecule has 0 unspecified atom stereocenters. The molecule has 20 heavy (non-hydrogen) atoms. The van der Waals surface area contributed by atoms with E-state index in [1.807, 2.05) is 0 Å². The molecule has 0 spiro atoms. The average molecular weight is 295 g/mol. The van der Waals surface area contributed by atoms with Gasteiger partial charge < -0.3 is 4.74 Å². The Morgan fingerprint density at radius 3 is 2.45 bits per heavy atom. The lowest BCUT2D eigenvalue weighted by atomic mass is 10.1. The predicted molar refractivity (Wildman–Crippen MR) is 70.9 cm³/mol. The van der Waals surface area contributed by atoms with E-state index in [2.05, 4.69) is 15.4 Å².